The van der Waals surface area contributed by atoms with Gasteiger partial charge >= 0.3 is 0 Å². The van der Waals surface area contributed by atoms with Gasteiger partial charge in [-0.1, -0.05) is 18.2 Å². The molecule has 2 aromatic rings. The predicted octanol–water partition coefficient (Wildman–Crippen LogP) is 3.23. The first kappa shape index (κ1) is 19.4. The molecule has 4 rings (SSSR count). The number of nitrogens with one attached hydrogen (secondary N) is 1. The SMILES string of the molecule is Cc1nc(CN2CCC(C(=O)NCC(C)N3CCc4ccccc43)CC2)cs1. The Morgan fingerprint density at radius 3 is 2.82 bits per heavy atom. The number of hydrogen-bond donors (Lipinski definition) is 1. The Morgan fingerprint density at radius 1 is 1.29 bits per heavy atom. The molecule has 0 bridgehead atoms. The van der Waals surface area contributed by atoms with Crippen LogP contribution in [0.3, 0.4) is 0 Å². The van der Waals surface area contributed by atoms with Crippen LogP contribution in [0, 0.1) is 12.8 Å². The second-order valence-corrected chi connectivity index (χ2v) is 9.14. The van der Waals surface area contributed by atoms with Crippen molar-refractivity contribution >= 4 is 22.9 Å². The summed E-state index contributed by atoms with van der Waals surface area (Å²) in [5.41, 5.74) is 3.91. The molecule has 3 heterocycles. The molecule has 0 spiro atoms. The van der Waals surface area contributed by atoms with E-state index in [0.29, 0.717) is 12.6 Å². The highest BCUT2D eigenvalue weighted by Gasteiger charge is 2.27. The molecule has 0 aliphatic carbocycles. The summed E-state index contributed by atoms with van der Waals surface area (Å²) >= 11 is 1.71. The van der Waals surface area contributed by atoms with E-state index < -0.39 is 0 Å². The number of amides is 1. The minimum atomic E-state index is 0.145. The van der Waals surface area contributed by atoms with Gasteiger partial charge < -0.3 is 10.2 Å². The van der Waals surface area contributed by atoms with Crippen LogP contribution in [0.2, 0.25) is 0 Å². The zero-order valence-electron chi connectivity index (χ0n) is 16.9. The Bertz CT molecular complexity index is 812. The number of aromatic nitrogens is 1. The van der Waals surface area contributed by atoms with Crippen molar-refractivity contribution in [2.45, 2.75) is 45.7 Å². The molecule has 1 unspecified atom stereocenters. The van der Waals surface area contributed by atoms with E-state index in [1.54, 1.807) is 11.3 Å². The highest BCUT2D eigenvalue weighted by molar-refractivity contribution is 7.09. The molecule has 2 aliphatic rings. The summed E-state index contributed by atoms with van der Waals surface area (Å²) in [6.07, 6.45) is 2.98. The molecule has 1 amide bonds. The van der Waals surface area contributed by atoms with Gasteiger partial charge in [0.2, 0.25) is 5.91 Å². The molecule has 6 heteroatoms. The standard InChI is InChI=1S/C22H30N4OS/c1-16(26-12-9-18-5-3-4-6-21(18)26)13-23-22(27)19-7-10-25(11-8-19)14-20-15-28-17(2)24-20/h3-6,15-16,19H,7-14H2,1-2H3,(H,23,27). The molecular formula is C22H30N4OS. The van der Waals surface area contributed by atoms with Crippen molar-refractivity contribution in [3.63, 3.8) is 0 Å². The van der Waals surface area contributed by atoms with E-state index in [4.69, 9.17) is 0 Å². The number of piperidine rings is 1. The largest absolute Gasteiger partial charge is 0.366 e. The Hall–Kier alpha value is -1.92. The maximum atomic E-state index is 12.7. The normalized spacial score (nSPS) is 18.9. The van der Waals surface area contributed by atoms with E-state index in [9.17, 15) is 4.79 Å². The molecule has 1 aromatic carbocycles. The van der Waals surface area contributed by atoms with Gasteiger partial charge in [-0.15, -0.1) is 11.3 Å². The van der Waals surface area contributed by atoms with Crippen LogP contribution in [-0.4, -0.2) is 48.0 Å². The first-order valence-electron chi connectivity index (χ1n) is 10.4. The molecule has 1 fully saturated rings. The number of benzene rings is 1. The molecule has 1 N–H and O–H groups in total. The summed E-state index contributed by atoms with van der Waals surface area (Å²) in [5.74, 6) is 0.370. The number of carbonyl (C=O) groups excluding carboxylic acids is 1. The number of hydrogen-bond acceptors (Lipinski definition) is 5. The summed E-state index contributed by atoms with van der Waals surface area (Å²) in [5, 5.41) is 6.49. The van der Waals surface area contributed by atoms with Gasteiger partial charge in [-0.2, -0.15) is 0 Å². The van der Waals surface area contributed by atoms with E-state index in [1.807, 2.05) is 6.92 Å². The summed E-state index contributed by atoms with van der Waals surface area (Å²) in [4.78, 5) is 22.1. The average molecular weight is 399 g/mol. The molecule has 5 nitrogen and oxygen atoms in total. The third-order valence-corrected chi connectivity index (χ3v) is 6.86. The molecule has 0 radical (unpaired) electrons. The van der Waals surface area contributed by atoms with E-state index in [2.05, 4.69) is 56.7 Å². The van der Waals surface area contributed by atoms with Crippen LogP contribution >= 0.6 is 11.3 Å². The van der Waals surface area contributed by atoms with Crippen molar-refractivity contribution < 1.29 is 4.79 Å². The van der Waals surface area contributed by atoms with E-state index in [0.717, 1.165) is 56.1 Å². The Morgan fingerprint density at radius 2 is 2.07 bits per heavy atom. The van der Waals surface area contributed by atoms with Crippen molar-refractivity contribution in [3.8, 4) is 0 Å². The van der Waals surface area contributed by atoms with Crippen LogP contribution in [0.5, 0.6) is 0 Å². The summed E-state index contributed by atoms with van der Waals surface area (Å²) in [6.45, 7) is 8.88. The van der Waals surface area contributed by atoms with Crippen molar-refractivity contribution in [2.24, 2.45) is 5.92 Å². The number of nitrogens with zero attached hydrogens (tertiary/aromatic N) is 3. The Labute approximate surface area is 171 Å². The lowest BCUT2D eigenvalue weighted by Gasteiger charge is -2.32. The van der Waals surface area contributed by atoms with Crippen LogP contribution in [0.15, 0.2) is 29.6 Å². The van der Waals surface area contributed by atoms with Gasteiger partial charge in [0.05, 0.1) is 10.7 Å². The molecule has 1 saturated heterocycles. The summed E-state index contributed by atoms with van der Waals surface area (Å²) < 4.78 is 0. The summed E-state index contributed by atoms with van der Waals surface area (Å²) in [6, 6.07) is 8.93. The third-order valence-electron chi connectivity index (χ3n) is 6.04. The minimum absolute atomic E-state index is 0.145. The molecule has 1 atom stereocenters. The van der Waals surface area contributed by atoms with Crippen LogP contribution in [0.1, 0.15) is 36.0 Å². The molecule has 0 saturated carbocycles. The van der Waals surface area contributed by atoms with Crippen molar-refractivity contribution in [1.82, 2.24) is 15.2 Å². The highest BCUT2D eigenvalue weighted by Crippen LogP contribution is 2.29. The third kappa shape index (κ3) is 4.39. The van der Waals surface area contributed by atoms with Gasteiger partial charge in [-0.3, -0.25) is 9.69 Å². The Balaban J connectivity index is 1.22. The van der Waals surface area contributed by atoms with Gasteiger partial charge in [-0.05, 0) is 57.8 Å². The van der Waals surface area contributed by atoms with Gasteiger partial charge in [0, 0.05) is 42.7 Å². The Kier molecular flexibility index (Phi) is 5.97. The smallest absolute Gasteiger partial charge is 0.223 e. The fourth-order valence-corrected chi connectivity index (χ4v) is 4.99. The van der Waals surface area contributed by atoms with Gasteiger partial charge in [0.25, 0.3) is 0 Å². The van der Waals surface area contributed by atoms with Gasteiger partial charge in [0.1, 0.15) is 0 Å². The number of anilines is 1. The van der Waals surface area contributed by atoms with Gasteiger partial charge in [-0.25, -0.2) is 4.98 Å². The maximum absolute atomic E-state index is 12.7. The number of aryl methyl sites for hydroxylation is 1. The fourth-order valence-electron chi connectivity index (χ4n) is 4.39. The maximum Gasteiger partial charge on any atom is 0.223 e. The number of para-hydroxylation sites is 1. The molecular weight excluding hydrogens is 368 g/mol. The van der Waals surface area contributed by atoms with Crippen molar-refractivity contribution in [2.75, 3.05) is 31.1 Å². The zero-order valence-corrected chi connectivity index (χ0v) is 17.7. The number of thiazole rings is 1. The van der Waals surface area contributed by atoms with E-state index in [-0.39, 0.29) is 11.8 Å². The number of rotatable bonds is 6. The number of fused-ring (bicyclic) bond motifs is 1. The molecule has 150 valence electrons. The second-order valence-electron chi connectivity index (χ2n) is 8.07. The lowest BCUT2D eigenvalue weighted by molar-refractivity contribution is -0.126. The van der Waals surface area contributed by atoms with Crippen molar-refractivity contribution in [1.29, 1.82) is 0 Å². The van der Waals surface area contributed by atoms with Crippen LogP contribution in [-0.2, 0) is 17.8 Å². The van der Waals surface area contributed by atoms with E-state index in [1.165, 1.54) is 11.3 Å². The van der Waals surface area contributed by atoms with Crippen LogP contribution in [0.25, 0.3) is 0 Å². The molecule has 28 heavy (non-hydrogen) atoms. The zero-order chi connectivity index (χ0) is 19.5. The van der Waals surface area contributed by atoms with E-state index >= 15 is 0 Å². The quantitative estimate of drug-likeness (QED) is 0.812. The topological polar surface area (TPSA) is 48.5 Å². The fraction of sp³-hybridized carbons (Fsp3) is 0.545. The van der Waals surface area contributed by atoms with Crippen molar-refractivity contribution in [3.05, 3.63) is 45.9 Å². The highest BCUT2D eigenvalue weighted by atomic mass is 32.1. The molecule has 1 aromatic heterocycles. The lowest BCUT2D eigenvalue weighted by atomic mass is 9.95. The first-order chi connectivity index (χ1) is 13.6. The lowest BCUT2D eigenvalue weighted by Crippen LogP contribution is -2.45. The second kappa shape index (κ2) is 8.62. The average Bonchev–Trinajstić information content (AvgIpc) is 3.32. The van der Waals surface area contributed by atoms with Crippen LogP contribution < -0.4 is 10.2 Å². The number of carbonyl (C=O) groups is 1. The first-order valence-corrected chi connectivity index (χ1v) is 11.2. The van der Waals surface area contributed by atoms with Gasteiger partial charge in [0.15, 0.2) is 0 Å². The predicted molar refractivity (Wildman–Crippen MR) is 115 cm³/mol. The number of likely N-dealkylation sites (tertiary alicyclic amines) is 1. The molecule has 2 aliphatic heterocycles. The minimum Gasteiger partial charge on any atom is -0.366 e. The summed E-state index contributed by atoms with van der Waals surface area (Å²) in [7, 11) is 0. The monoisotopic (exact) mass is 398 g/mol. The van der Waals surface area contributed by atoms with Crippen LogP contribution in [0.4, 0.5) is 5.69 Å².